The van der Waals surface area contributed by atoms with E-state index in [0.29, 0.717) is 6.61 Å². The Morgan fingerprint density at radius 3 is 2.95 bits per heavy atom. The Kier molecular flexibility index (Phi) is 5.46. The van der Waals surface area contributed by atoms with Crippen molar-refractivity contribution in [1.29, 1.82) is 0 Å². The highest BCUT2D eigenvalue weighted by atomic mass is 16.5. The van der Waals surface area contributed by atoms with Gasteiger partial charge >= 0.3 is 0 Å². The molecule has 2 nitrogen and oxygen atoms in total. The zero-order valence-electron chi connectivity index (χ0n) is 11.9. The minimum Gasteiger partial charge on any atom is -0.489 e. The van der Waals surface area contributed by atoms with Crippen molar-refractivity contribution < 1.29 is 4.74 Å². The first-order chi connectivity index (χ1) is 9.31. The predicted octanol–water partition coefficient (Wildman–Crippen LogP) is 3.78. The van der Waals surface area contributed by atoms with Crippen molar-refractivity contribution >= 4 is 0 Å². The molecule has 0 amide bonds. The highest BCUT2D eigenvalue weighted by molar-refractivity contribution is 5.33. The van der Waals surface area contributed by atoms with Crippen LogP contribution in [-0.2, 0) is 6.54 Å². The molecule has 0 saturated heterocycles. The molecular weight excluding hydrogens is 234 g/mol. The lowest BCUT2D eigenvalue weighted by Gasteiger charge is -2.17. The normalized spacial score (nSPS) is 22.4. The van der Waals surface area contributed by atoms with Gasteiger partial charge in [0.05, 0.1) is 0 Å². The van der Waals surface area contributed by atoms with Crippen LogP contribution < -0.4 is 10.1 Å². The van der Waals surface area contributed by atoms with Crippen LogP contribution in [0.4, 0.5) is 0 Å². The first kappa shape index (κ1) is 14.1. The fourth-order valence-corrected chi connectivity index (χ4v) is 2.86. The second-order valence-electron chi connectivity index (χ2n) is 5.51. The van der Waals surface area contributed by atoms with E-state index in [9.17, 15) is 0 Å². The summed E-state index contributed by atoms with van der Waals surface area (Å²) in [5.74, 6) is 2.69. The van der Waals surface area contributed by atoms with Gasteiger partial charge in [0.2, 0.25) is 0 Å². The summed E-state index contributed by atoms with van der Waals surface area (Å²) in [5, 5.41) is 3.59. The molecule has 1 aromatic carbocycles. The Morgan fingerprint density at radius 2 is 2.21 bits per heavy atom. The van der Waals surface area contributed by atoms with E-state index < -0.39 is 0 Å². The van der Waals surface area contributed by atoms with E-state index in [2.05, 4.69) is 31.0 Å². The largest absolute Gasteiger partial charge is 0.489 e. The van der Waals surface area contributed by atoms with Crippen LogP contribution in [0.1, 0.15) is 31.7 Å². The summed E-state index contributed by atoms with van der Waals surface area (Å²) in [6.45, 7) is 8.64. The van der Waals surface area contributed by atoms with Crippen molar-refractivity contribution in [3.05, 3.63) is 42.5 Å². The number of hydrogen-bond donors (Lipinski definition) is 1. The molecule has 1 N–H and O–H groups in total. The Hall–Kier alpha value is -1.28. The summed E-state index contributed by atoms with van der Waals surface area (Å²) in [6, 6.07) is 8.24. The zero-order chi connectivity index (χ0) is 13.5. The molecule has 104 valence electrons. The standard InChI is InChI=1S/C17H25NO/c1-3-11-19-17-10-5-4-8-16(17)13-18-12-15-9-6-7-14(15)2/h3-5,8,10,14-15,18H,1,6-7,9,11-13H2,2H3. The number of benzene rings is 1. The molecule has 0 aliphatic heterocycles. The van der Waals surface area contributed by atoms with E-state index in [-0.39, 0.29) is 0 Å². The summed E-state index contributed by atoms with van der Waals surface area (Å²) >= 11 is 0. The number of hydrogen-bond acceptors (Lipinski definition) is 2. The van der Waals surface area contributed by atoms with E-state index in [0.717, 1.165) is 30.7 Å². The maximum Gasteiger partial charge on any atom is 0.124 e. The van der Waals surface area contributed by atoms with Crippen molar-refractivity contribution in [3.63, 3.8) is 0 Å². The van der Waals surface area contributed by atoms with Gasteiger partial charge < -0.3 is 10.1 Å². The highest BCUT2D eigenvalue weighted by Gasteiger charge is 2.22. The van der Waals surface area contributed by atoms with Gasteiger partial charge in [0, 0.05) is 12.1 Å². The molecule has 2 heteroatoms. The Labute approximate surface area is 116 Å². The van der Waals surface area contributed by atoms with Crippen LogP contribution in [0.2, 0.25) is 0 Å². The summed E-state index contributed by atoms with van der Waals surface area (Å²) < 4.78 is 5.67. The average molecular weight is 259 g/mol. The molecule has 0 bridgehead atoms. The van der Waals surface area contributed by atoms with Gasteiger partial charge in [0.15, 0.2) is 0 Å². The van der Waals surface area contributed by atoms with Gasteiger partial charge in [-0.1, -0.05) is 50.6 Å². The molecule has 0 spiro atoms. The van der Waals surface area contributed by atoms with E-state index in [4.69, 9.17) is 4.74 Å². The Morgan fingerprint density at radius 1 is 1.37 bits per heavy atom. The number of nitrogens with one attached hydrogen (secondary N) is 1. The van der Waals surface area contributed by atoms with Crippen molar-refractivity contribution in [2.45, 2.75) is 32.7 Å². The zero-order valence-corrected chi connectivity index (χ0v) is 11.9. The van der Waals surface area contributed by atoms with Gasteiger partial charge in [-0.3, -0.25) is 0 Å². The van der Waals surface area contributed by atoms with Gasteiger partial charge in [-0.05, 0) is 30.9 Å². The molecule has 1 aliphatic rings. The topological polar surface area (TPSA) is 21.3 Å². The van der Waals surface area contributed by atoms with Crippen molar-refractivity contribution in [3.8, 4) is 5.75 Å². The van der Waals surface area contributed by atoms with Crippen LogP contribution in [0.25, 0.3) is 0 Å². The average Bonchev–Trinajstić information content (AvgIpc) is 2.83. The predicted molar refractivity (Wildman–Crippen MR) is 80.3 cm³/mol. The smallest absolute Gasteiger partial charge is 0.124 e. The summed E-state index contributed by atoms with van der Waals surface area (Å²) in [6.07, 6.45) is 5.95. The Balaban J connectivity index is 1.83. The SMILES string of the molecule is C=CCOc1ccccc1CNCC1CCCC1C. The lowest BCUT2D eigenvalue weighted by molar-refractivity contribution is 0.354. The minimum atomic E-state index is 0.566. The molecule has 1 aliphatic carbocycles. The molecule has 0 aromatic heterocycles. The quantitative estimate of drug-likeness (QED) is 0.752. The molecule has 0 radical (unpaired) electrons. The number of rotatable bonds is 7. The van der Waals surface area contributed by atoms with Crippen LogP contribution in [-0.4, -0.2) is 13.2 Å². The van der Waals surface area contributed by atoms with Crippen molar-refractivity contribution in [1.82, 2.24) is 5.32 Å². The number of para-hydroxylation sites is 1. The monoisotopic (exact) mass is 259 g/mol. The molecule has 1 saturated carbocycles. The molecule has 1 fully saturated rings. The maximum absolute atomic E-state index is 5.67. The summed E-state index contributed by atoms with van der Waals surface area (Å²) in [5.41, 5.74) is 1.23. The molecule has 1 aromatic rings. The summed E-state index contributed by atoms with van der Waals surface area (Å²) in [4.78, 5) is 0. The first-order valence-corrected chi connectivity index (χ1v) is 7.33. The van der Waals surface area contributed by atoms with Crippen molar-refractivity contribution in [2.24, 2.45) is 11.8 Å². The van der Waals surface area contributed by atoms with Crippen molar-refractivity contribution in [2.75, 3.05) is 13.2 Å². The van der Waals surface area contributed by atoms with E-state index in [1.807, 2.05) is 12.1 Å². The van der Waals surface area contributed by atoms with Gasteiger partial charge in [0.25, 0.3) is 0 Å². The molecule has 2 unspecified atom stereocenters. The third-order valence-electron chi connectivity index (χ3n) is 4.09. The molecule has 2 atom stereocenters. The van der Waals surface area contributed by atoms with Gasteiger partial charge in [0.1, 0.15) is 12.4 Å². The van der Waals surface area contributed by atoms with Crippen LogP contribution >= 0.6 is 0 Å². The van der Waals surface area contributed by atoms with Crippen LogP contribution in [0.15, 0.2) is 36.9 Å². The van der Waals surface area contributed by atoms with E-state index >= 15 is 0 Å². The van der Waals surface area contributed by atoms with Crippen LogP contribution in [0.3, 0.4) is 0 Å². The number of ether oxygens (including phenoxy) is 1. The molecular formula is C17H25NO. The minimum absolute atomic E-state index is 0.566. The van der Waals surface area contributed by atoms with E-state index in [1.165, 1.54) is 24.8 Å². The first-order valence-electron chi connectivity index (χ1n) is 7.33. The summed E-state index contributed by atoms with van der Waals surface area (Å²) in [7, 11) is 0. The molecule has 2 rings (SSSR count). The fraction of sp³-hybridized carbons (Fsp3) is 0.529. The molecule has 0 heterocycles. The van der Waals surface area contributed by atoms with Crippen LogP contribution in [0.5, 0.6) is 5.75 Å². The highest BCUT2D eigenvalue weighted by Crippen LogP contribution is 2.30. The van der Waals surface area contributed by atoms with Gasteiger partial charge in [-0.15, -0.1) is 0 Å². The second-order valence-corrected chi connectivity index (χ2v) is 5.51. The van der Waals surface area contributed by atoms with E-state index in [1.54, 1.807) is 6.08 Å². The second kappa shape index (κ2) is 7.34. The van der Waals surface area contributed by atoms with Gasteiger partial charge in [-0.25, -0.2) is 0 Å². The molecule has 19 heavy (non-hydrogen) atoms. The fourth-order valence-electron chi connectivity index (χ4n) is 2.86. The lowest BCUT2D eigenvalue weighted by Crippen LogP contribution is -2.24. The third-order valence-corrected chi connectivity index (χ3v) is 4.09. The maximum atomic E-state index is 5.67. The van der Waals surface area contributed by atoms with Gasteiger partial charge in [-0.2, -0.15) is 0 Å². The van der Waals surface area contributed by atoms with Crippen LogP contribution in [0, 0.1) is 11.8 Å². The third kappa shape index (κ3) is 4.10. The Bertz CT molecular complexity index is 402. The lowest BCUT2D eigenvalue weighted by atomic mass is 9.98.